The van der Waals surface area contributed by atoms with Crippen LogP contribution >= 0.6 is 0 Å². The number of hydrogen-bond acceptors (Lipinski definition) is 7. The number of nitriles is 1. The third-order valence-corrected chi connectivity index (χ3v) is 13.7. The molecule has 0 radical (unpaired) electrons. The minimum Gasteiger partial charge on any atom is -0.493 e. The highest BCUT2D eigenvalue weighted by Gasteiger charge is 2.26. The van der Waals surface area contributed by atoms with Crippen molar-refractivity contribution in [3.63, 3.8) is 0 Å². The van der Waals surface area contributed by atoms with E-state index in [-0.39, 0.29) is 33.9 Å². The predicted molar refractivity (Wildman–Crippen MR) is 283 cm³/mol. The summed E-state index contributed by atoms with van der Waals surface area (Å²) >= 11 is 0. The van der Waals surface area contributed by atoms with E-state index in [9.17, 15) is 5.26 Å². The first kappa shape index (κ1) is 49.4. The summed E-state index contributed by atoms with van der Waals surface area (Å²) in [6, 6.07) is 30.5. The van der Waals surface area contributed by atoms with Crippen LogP contribution in [0, 0.1) is 29.7 Å². The first-order valence-electron chi connectivity index (χ1n) is 25.3. The zero-order chi connectivity index (χ0) is 49.7. The number of aromatic amines is 2. The molecule has 0 aliphatic carbocycles. The van der Waals surface area contributed by atoms with Crippen LogP contribution in [0.4, 0.5) is 0 Å². The van der Waals surface area contributed by atoms with Crippen molar-refractivity contribution in [3.05, 3.63) is 130 Å². The van der Waals surface area contributed by atoms with Crippen molar-refractivity contribution in [1.82, 2.24) is 19.9 Å². The lowest BCUT2D eigenvalue weighted by Crippen LogP contribution is -2.11. The summed E-state index contributed by atoms with van der Waals surface area (Å²) in [6.07, 6.45) is 9.05. The lowest BCUT2D eigenvalue weighted by molar-refractivity contribution is 0.233. The van der Waals surface area contributed by atoms with Gasteiger partial charge in [0.2, 0.25) is 11.8 Å². The van der Waals surface area contributed by atoms with Crippen LogP contribution in [-0.2, 0) is 10.8 Å². The van der Waals surface area contributed by atoms with E-state index in [0.29, 0.717) is 80.1 Å². The average Bonchev–Trinajstić information content (AvgIpc) is 4.15. The van der Waals surface area contributed by atoms with Gasteiger partial charge >= 0.3 is 0 Å². The monoisotopic (exact) mass is 937 g/mol. The van der Waals surface area contributed by atoms with Crippen molar-refractivity contribution in [2.75, 3.05) is 13.2 Å². The van der Waals surface area contributed by atoms with E-state index in [1.807, 2.05) is 84.9 Å². The van der Waals surface area contributed by atoms with Crippen LogP contribution in [0.15, 0.2) is 93.8 Å². The Morgan fingerprint density at radius 3 is 1.51 bits per heavy atom. The molecule has 70 heavy (non-hydrogen) atoms. The van der Waals surface area contributed by atoms with Gasteiger partial charge in [0.15, 0.2) is 11.2 Å². The molecular formula is C60H68N6O4. The van der Waals surface area contributed by atoms with Crippen LogP contribution in [0.2, 0.25) is 0 Å². The lowest BCUT2D eigenvalue weighted by Gasteiger charge is -2.18. The van der Waals surface area contributed by atoms with Crippen LogP contribution in [0.1, 0.15) is 144 Å². The molecule has 8 aromatic rings. The molecule has 4 aromatic heterocycles. The Balaban J connectivity index is 1.39. The van der Waals surface area contributed by atoms with Gasteiger partial charge in [-0.3, -0.25) is 0 Å². The fourth-order valence-corrected chi connectivity index (χ4v) is 9.13. The minimum absolute atomic E-state index is 0.115. The molecule has 8 rings (SSSR count). The second-order valence-electron chi connectivity index (χ2n) is 20.9. The number of aromatic nitrogens is 4. The smallest absolute Gasteiger partial charge is 0.270 e. The van der Waals surface area contributed by atoms with E-state index >= 15 is 0 Å². The Bertz CT molecular complexity index is 3100. The predicted octanol–water partition coefficient (Wildman–Crippen LogP) is 14.7. The Kier molecular flexibility index (Phi) is 14.7. The van der Waals surface area contributed by atoms with Gasteiger partial charge in [0, 0.05) is 10.8 Å². The van der Waals surface area contributed by atoms with Crippen LogP contribution in [0.25, 0.3) is 71.6 Å². The average molecular weight is 937 g/mol. The molecule has 2 unspecified atom stereocenters. The summed E-state index contributed by atoms with van der Waals surface area (Å²) in [7, 11) is 0. The maximum absolute atomic E-state index is 11.2. The summed E-state index contributed by atoms with van der Waals surface area (Å²) < 4.78 is 25.6. The number of fused-ring (bicyclic) bond motifs is 3. The number of unbranched alkanes of at least 4 members (excludes halogenated alkanes) is 2. The maximum atomic E-state index is 11.2. The van der Waals surface area contributed by atoms with Crippen LogP contribution in [-0.4, -0.2) is 33.1 Å². The van der Waals surface area contributed by atoms with Crippen LogP contribution in [0.5, 0.6) is 11.5 Å². The zero-order valence-corrected chi connectivity index (χ0v) is 42.7. The minimum atomic E-state index is -0.118. The number of ether oxygens (including phenoxy) is 2. The molecule has 0 aliphatic heterocycles. The topological polar surface area (TPSA) is 130 Å². The highest BCUT2D eigenvalue weighted by Crippen LogP contribution is 2.36. The molecule has 0 spiro atoms. The number of oxazole rings is 2. The quantitative estimate of drug-likeness (QED) is 0.0819. The second kappa shape index (κ2) is 20.9. The fraction of sp³-hybridized carbons (Fsp3) is 0.400. The molecule has 0 bridgehead atoms. The van der Waals surface area contributed by atoms with E-state index < -0.39 is 0 Å². The van der Waals surface area contributed by atoms with Gasteiger partial charge in [0.05, 0.1) is 41.9 Å². The molecule has 10 nitrogen and oxygen atoms in total. The molecule has 2 N–H and O–H groups in total. The Labute approximate surface area is 412 Å². The SMILES string of the molecule is [C-]#[N+]/C(c1nc2cc(C(C)(C)C)ccc2o1)=c1/[nH]c(-c2ccc(OCC(CC)CCCC)cc2)c2/c(=C(\C#N)c3nc4cc(C(C)(C)C)ccc4o3)[nH]c(-c3ccc(OCC(CC)CCCC)cc3)c12. The fourth-order valence-electron chi connectivity index (χ4n) is 9.13. The number of benzene rings is 4. The Hall–Kier alpha value is -7.04. The normalized spacial score (nSPS) is 13.9. The highest BCUT2D eigenvalue weighted by atomic mass is 16.5. The largest absolute Gasteiger partial charge is 0.493 e. The number of rotatable bonds is 18. The van der Waals surface area contributed by atoms with Crippen molar-refractivity contribution in [1.29, 1.82) is 5.26 Å². The molecule has 10 heteroatoms. The molecule has 362 valence electrons. The molecule has 0 aliphatic rings. The molecule has 0 amide bonds. The Morgan fingerprint density at radius 1 is 0.643 bits per heavy atom. The van der Waals surface area contributed by atoms with Gasteiger partial charge in [0.25, 0.3) is 5.70 Å². The highest BCUT2D eigenvalue weighted by molar-refractivity contribution is 6.07. The summed E-state index contributed by atoms with van der Waals surface area (Å²) in [5.74, 6) is 2.87. The molecule has 4 heterocycles. The van der Waals surface area contributed by atoms with Gasteiger partial charge in [0.1, 0.15) is 34.2 Å². The van der Waals surface area contributed by atoms with E-state index in [1.165, 1.54) is 12.8 Å². The van der Waals surface area contributed by atoms with Crippen molar-refractivity contribution in [2.24, 2.45) is 11.8 Å². The summed E-state index contributed by atoms with van der Waals surface area (Å²) in [4.78, 5) is 21.5. The number of H-pyrrole nitrogens is 2. The second-order valence-corrected chi connectivity index (χ2v) is 20.9. The van der Waals surface area contributed by atoms with Gasteiger partial charge in [-0.1, -0.05) is 120 Å². The van der Waals surface area contributed by atoms with E-state index in [4.69, 9.17) is 34.8 Å². The summed E-state index contributed by atoms with van der Waals surface area (Å²) in [5, 5.41) is 13.6. The van der Waals surface area contributed by atoms with Crippen molar-refractivity contribution in [3.8, 4) is 40.1 Å². The molecule has 4 aromatic carbocycles. The third-order valence-electron chi connectivity index (χ3n) is 13.7. The third kappa shape index (κ3) is 10.4. The van der Waals surface area contributed by atoms with Crippen LogP contribution < -0.4 is 20.2 Å². The molecule has 0 saturated heterocycles. The van der Waals surface area contributed by atoms with Gasteiger partial charge in [-0.15, -0.1) is 0 Å². The standard InChI is InChI=1S/C60H68N6O4/c1-12-16-18-37(14-3)35-67-43-26-20-39(21-27-43)52-50-51(55(66-52)56(62-11)58-64-47-33-42(60(8,9)10)25-31-49(47)70-58)53(40-22-28-44(29-23-40)68-36-38(15-4)19-17-13-2)65-54(50)45(34-61)57-63-46-32-41(59(5,6)7)24-30-48(46)69-57/h20-33,37-38,65-66H,12-19,35-36H2,1-10H3/b54-45-,56-55+. The molecule has 0 saturated carbocycles. The van der Waals surface area contributed by atoms with Crippen molar-refractivity contribution in [2.45, 2.75) is 131 Å². The first-order valence-corrected chi connectivity index (χ1v) is 25.3. The van der Waals surface area contributed by atoms with E-state index in [1.54, 1.807) is 0 Å². The first-order chi connectivity index (χ1) is 33.7. The maximum Gasteiger partial charge on any atom is 0.270 e. The van der Waals surface area contributed by atoms with E-state index in [2.05, 4.69) is 90.1 Å². The number of nitrogens with one attached hydrogen (secondary N) is 2. The summed E-state index contributed by atoms with van der Waals surface area (Å²) in [6.45, 7) is 31.9. The van der Waals surface area contributed by atoms with Crippen molar-refractivity contribution < 1.29 is 18.3 Å². The Morgan fingerprint density at radius 2 is 1.09 bits per heavy atom. The lowest BCUT2D eigenvalue weighted by atomic mass is 9.87. The molecule has 2 atom stereocenters. The van der Waals surface area contributed by atoms with E-state index in [0.717, 1.165) is 72.3 Å². The van der Waals surface area contributed by atoms with Gasteiger partial charge in [-0.2, -0.15) is 5.26 Å². The van der Waals surface area contributed by atoms with Gasteiger partial charge in [-0.25, -0.2) is 14.8 Å². The number of hydrogen-bond donors (Lipinski definition) is 2. The summed E-state index contributed by atoms with van der Waals surface area (Å²) in [5.41, 5.74) is 7.91. The van der Waals surface area contributed by atoms with Gasteiger partial charge < -0.3 is 28.3 Å². The zero-order valence-electron chi connectivity index (χ0n) is 42.7. The van der Waals surface area contributed by atoms with Crippen molar-refractivity contribution >= 4 is 44.2 Å². The molecule has 0 fully saturated rings. The number of nitrogens with zero attached hydrogens (tertiary/aromatic N) is 4. The van der Waals surface area contributed by atoms with Gasteiger partial charge in [-0.05, 0) is 131 Å². The van der Waals surface area contributed by atoms with Crippen LogP contribution in [0.3, 0.4) is 0 Å². The molecular weight excluding hydrogens is 869 g/mol.